The smallest absolute Gasteiger partial charge is 0.151 e. The van der Waals surface area contributed by atoms with Crippen molar-refractivity contribution >= 4 is 28.0 Å². The van der Waals surface area contributed by atoms with Crippen molar-refractivity contribution in [2.75, 3.05) is 4.90 Å². The lowest BCUT2D eigenvalue weighted by Crippen LogP contribution is -2.28. The zero-order chi connectivity index (χ0) is 27.4. The summed E-state index contributed by atoms with van der Waals surface area (Å²) in [5, 5.41) is 1.15. The lowest BCUT2D eigenvalue weighted by atomic mass is 9.72. The van der Waals surface area contributed by atoms with Crippen molar-refractivity contribution in [1.82, 2.24) is 0 Å². The summed E-state index contributed by atoms with van der Waals surface area (Å²) in [5.41, 5.74) is 12.1. The van der Waals surface area contributed by atoms with E-state index in [1.165, 1.54) is 38.9 Å². The van der Waals surface area contributed by atoms with E-state index in [1.54, 1.807) is 0 Å². The van der Waals surface area contributed by atoms with Gasteiger partial charge < -0.3 is 14.1 Å². The van der Waals surface area contributed by atoms with E-state index in [9.17, 15) is 0 Å². The lowest BCUT2D eigenvalue weighted by Gasteiger charge is -2.37. The molecule has 0 unspecified atom stereocenters. The highest BCUT2D eigenvalue weighted by molar-refractivity contribution is 6.07. The van der Waals surface area contributed by atoms with E-state index < -0.39 is 5.41 Å². The Morgan fingerprint density at radius 2 is 1.02 bits per heavy atom. The highest BCUT2D eigenvalue weighted by Gasteiger charge is 2.56. The molecule has 1 aromatic heterocycles. The van der Waals surface area contributed by atoms with Crippen LogP contribution >= 0.6 is 0 Å². The second-order valence-electron chi connectivity index (χ2n) is 11.2. The SMILES string of the molecule is c1ccc2c(c1)Oc1ccccc1N2c1cccc2c1C1(c3ccccc3-c3ccccc31)c1oc3ccccc3c1-2. The molecule has 42 heavy (non-hydrogen) atoms. The Labute approximate surface area is 242 Å². The van der Waals surface area contributed by atoms with Crippen molar-refractivity contribution in [3.63, 3.8) is 0 Å². The molecule has 0 N–H and O–H groups in total. The standard InChI is InChI=1S/C39H23NO2/c1-4-16-28-24(12-1)25-13-2-5-17-29(25)39(28)37-27(36-26-14-3-8-21-33(26)42-38(36)39)15-11-20-32(37)40-30-18-6-9-22-34(30)41-35-23-10-7-19-31(35)40/h1-23H. The average molecular weight is 538 g/mol. The minimum atomic E-state index is -0.615. The van der Waals surface area contributed by atoms with Crippen LogP contribution in [-0.4, -0.2) is 0 Å². The van der Waals surface area contributed by atoms with Gasteiger partial charge in [0.2, 0.25) is 0 Å². The fraction of sp³-hybridized carbons (Fsp3) is 0.0256. The fourth-order valence-electron chi connectivity index (χ4n) is 7.73. The Kier molecular flexibility index (Phi) is 4.12. The Hall–Kier alpha value is -5.54. The van der Waals surface area contributed by atoms with Gasteiger partial charge in [-0.2, -0.15) is 0 Å². The number of hydrogen-bond donors (Lipinski definition) is 0. The topological polar surface area (TPSA) is 25.6 Å². The summed E-state index contributed by atoms with van der Waals surface area (Å²) in [4.78, 5) is 2.38. The summed E-state index contributed by atoms with van der Waals surface area (Å²) >= 11 is 0. The van der Waals surface area contributed by atoms with Gasteiger partial charge in [-0.15, -0.1) is 0 Å². The van der Waals surface area contributed by atoms with Crippen molar-refractivity contribution in [3.05, 3.63) is 162 Å². The molecule has 2 heterocycles. The molecule has 7 aromatic rings. The van der Waals surface area contributed by atoms with Gasteiger partial charge in [0.05, 0.1) is 17.1 Å². The summed E-state index contributed by atoms with van der Waals surface area (Å²) in [6, 6.07) is 49.5. The minimum absolute atomic E-state index is 0.615. The molecule has 0 saturated carbocycles. The van der Waals surface area contributed by atoms with Gasteiger partial charge in [-0.3, -0.25) is 0 Å². The van der Waals surface area contributed by atoms with Crippen LogP contribution in [0.5, 0.6) is 11.5 Å². The van der Waals surface area contributed by atoms with E-state index in [1.807, 2.05) is 12.1 Å². The molecular weight excluding hydrogens is 514 g/mol. The van der Waals surface area contributed by atoms with Gasteiger partial charge in [-0.25, -0.2) is 0 Å². The molecule has 0 radical (unpaired) electrons. The summed E-state index contributed by atoms with van der Waals surface area (Å²) in [6.45, 7) is 0. The van der Waals surface area contributed by atoms with Crippen LogP contribution in [0.15, 0.2) is 144 Å². The second kappa shape index (κ2) is 7.80. The zero-order valence-corrected chi connectivity index (χ0v) is 22.5. The van der Waals surface area contributed by atoms with E-state index in [4.69, 9.17) is 9.15 Å². The quantitative estimate of drug-likeness (QED) is 0.208. The monoisotopic (exact) mass is 537 g/mol. The molecule has 6 aromatic carbocycles. The Morgan fingerprint density at radius 3 is 1.74 bits per heavy atom. The van der Waals surface area contributed by atoms with E-state index in [0.29, 0.717) is 0 Å². The van der Waals surface area contributed by atoms with Gasteiger partial charge in [0, 0.05) is 16.5 Å². The number of para-hydroxylation sites is 5. The molecule has 3 nitrogen and oxygen atoms in total. The molecule has 0 fully saturated rings. The molecule has 0 saturated heterocycles. The largest absolute Gasteiger partial charge is 0.459 e. The molecule has 3 aliphatic rings. The van der Waals surface area contributed by atoms with Crippen LogP contribution < -0.4 is 9.64 Å². The number of anilines is 3. The number of nitrogens with zero attached hydrogens (tertiary/aromatic N) is 1. The molecule has 2 aliphatic carbocycles. The van der Waals surface area contributed by atoms with Gasteiger partial charge >= 0.3 is 0 Å². The van der Waals surface area contributed by atoms with Gasteiger partial charge in [0.25, 0.3) is 0 Å². The maximum atomic E-state index is 6.98. The maximum absolute atomic E-state index is 6.98. The van der Waals surface area contributed by atoms with E-state index in [2.05, 4.69) is 132 Å². The first-order chi connectivity index (χ1) is 20.9. The molecule has 1 aliphatic heterocycles. The normalized spacial score (nSPS) is 14.5. The van der Waals surface area contributed by atoms with Crippen LogP contribution in [0.1, 0.15) is 22.5 Å². The zero-order valence-electron chi connectivity index (χ0n) is 22.5. The fourth-order valence-corrected chi connectivity index (χ4v) is 7.73. The Bertz CT molecular complexity index is 2170. The van der Waals surface area contributed by atoms with Crippen molar-refractivity contribution in [2.24, 2.45) is 0 Å². The van der Waals surface area contributed by atoms with Crippen LogP contribution in [0.25, 0.3) is 33.2 Å². The average Bonchev–Trinajstić information content (AvgIpc) is 3.67. The number of rotatable bonds is 1. The van der Waals surface area contributed by atoms with E-state index >= 15 is 0 Å². The van der Waals surface area contributed by atoms with Crippen molar-refractivity contribution < 1.29 is 9.15 Å². The van der Waals surface area contributed by atoms with Crippen LogP contribution in [0.2, 0.25) is 0 Å². The first kappa shape index (κ1) is 22.2. The summed E-state index contributed by atoms with van der Waals surface area (Å²) < 4.78 is 13.4. The molecule has 0 atom stereocenters. The van der Waals surface area contributed by atoms with Gasteiger partial charge in [-0.05, 0) is 64.2 Å². The van der Waals surface area contributed by atoms with Crippen LogP contribution in [0, 0.1) is 0 Å². The third kappa shape index (κ3) is 2.53. The number of hydrogen-bond acceptors (Lipinski definition) is 3. The molecule has 1 spiro atoms. The van der Waals surface area contributed by atoms with E-state index in [0.717, 1.165) is 45.3 Å². The van der Waals surface area contributed by atoms with Crippen molar-refractivity contribution in [3.8, 4) is 33.8 Å². The Morgan fingerprint density at radius 1 is 0.476 bits per heavy atom. The van der Waals surface area contributed by atoms with E-state index in [-0.39, 0.29) is 0 Å². The predicted molar refractivity (Wildman–Crippen MR) is 167 cm³/mol. The highest BCUT2D eigenvalue weighted by atomic mass is 16.5. The predicted octanol–water partition coefficient (Wildman–Crippen LogP) is 10.4. The van der Waals surface area contributed by atoms with Crippen LogP contribution in [0.4, 0.5) is 17.1 Å². The third-order valence-corrected chi connectivity index (χ3v) is 9.25. The number of fused-ring (bicyclic) bond motifs is 14. The summed E-state index contributed by atoms with van der Waals surface area (Å²) in [5.74, 6) is 2.68. The Balaban J connectivity index is 1.40. The van der Waals surface area contributed by atoms with Crippen LogP contribution in [-0.2, 0) is 5.41 Å². The maximum Gasteiger partial charge on any atom is 0.151 e. The van der Waals surface area contributed by atoms with Gasteiger partial charge in [0.15, 0.2) is 11.5 Å². The summed E-state index contributed by atoms with van der Waals surface area (Å²) in [7, 11) is 0. The minimum Gasteiger partial charge on any atom is -0.459 e. The first-order valence-electron chi connectivity index (χ1n) is 14.4. The molecule has 10 rings (SSSR count). The number of ether oxygens (including phenoxy) is 1. The number of benzene rings is 6. The third-order valence-electron chi connectivity index (χ3n) is 9.25. The lowest BCUT2D eigenvalue weighted by molar-refractivity contribution is 0.476. The molecular formula is C39H23NO2. The van der Waals surface area contributed by atoms with Gasteiger partial charge in [0.1, 0.15) is 16.8 Å². The molecule has 196 valence electrons. The highest BCUT2D eigenvalue weighted by Crippen LogP contribution is 2.67. The van der Waals surface area contributed by atoms with Crippen molar-refractivity contribution in [2.45, 2.75) is 5.41 Å². The van der Waals surface area contributed by atoms with Gasteiger partial charge in [-0.1, -0.05) is 103 Å². The van der Waals surface area contributed by atoms with Crippen molar-refractivity contribution in [1.29, 1.82) is 0 Å². The molecule has 0 amide bonds. The first-order valence-corrected chi connectivity index (χ1v) is 14.4. The summed E-state index contributed by atoms with van der Waals surface area (Å²) in [6.07, 6.45) is 0. The second-order valence-corrected chi connectivity index (χ2v) is 11.2. The molecule has 3 heteroatoms. The van der Waals surface area contributed by atoms with Crippen LogP contribution in [0.3, 0.4) is 0 Å². The number of furan rings is 1. The molecule has 0 bridgehead atoms.